The molecule has 114 valence electrons. The Kier molecular flexibility index (Phi) is 3.25. The molecule has 0 spiro atoms. The Morgan fingerprint density at radius 1 is 1.33 bits per heavy atom. The van der Waals surface area contributed by atoms with Crippen LogP contribution in [-0.2, 0) is 11.8 Å². The van der Waals surface area contributed by atoms with E-state index in [1.54, 1.807) is 0 Å². The molecule has 1 saturated carbocycles. The molecule has 2 nitrogen and oxygen atoms in total. The molecule has 0 amide bonds. The molecule has 1 heterocycles. The number of hydrogen-bond donors (Lipinski definition) is 1. The number of unbranched alkanes of at least 4 members (excludes halogenated alkanes) is 1. The van der Waals surface area contributed by atoms with E-state index in [9.17, 15) is 5.11 Å². The minimum Gasteiger partial charge on any atom is -0.508 e. The van der Waals surface area contributed by atoms with E-state index >= 15 is 0 Å². The van der Waals surface area contributed by atoms with Gasteiger partial charge in [-0.2, -0.15) is 0 Å². The molecule has 3 atom stereocenters. The molecule has 2 heteroatoms. The van der Waals surface area contributed by atoms with Crippen molar-refractivity contribution in [2.45, 2.75) is 63.3 Å². The summed E-state index contributed by atoms with van der Waals surface area (Å²) in [6, 6.07) is 6.92. The summed E-state index contributed by atoms with van der Waals surface area (Å²) in [5, 5.41) is 9.96. The van der Waals surface area contributed by atoms with Gasteiger partial charge in [0.25, 0.3) is 0 Å². The van der Waals surface area contributed by atoms with Crippen molar-refractivity contribution in [2.75, 3.05) is 13.1 Å². The minimum absolute atomic E-state index is 0.389. The molecule has 2 fully saturated rings. The lowest BCUT2D eigenvalue weighted by Gasteiger charge is -2.54. The molecule has 1 saturated heterocycles. The van der Waals surface area contributed by atoms with Crippen molar-refractivity contribution in [1.82, 2.24) is 4.90 Å². The van der Waals surface area contributed by atoms with Crippen LogP contribution in [0.25, 0.3) is 0 Å². The van der Waals surface area contributed by atoms with Gasteiger partial charge in [-0.05, 0) is 74.4 Å². The summed E-state index contributed by atoms with van der Waals surface area (Å²) in [6.07, 6.45) is 9.23. The maximum Gasteiger partial charge on any atom is 0.115 e. The van der Waals surface area contributed by atoms with Crippen molar-refractivity contribution in [3.63, 3.8) is 0 Å². The van der Waals surface area contributed by atoms with Crippen LogP contribution in [0.2, 0.25) is 0 Å². The smallest absolute Gasteiger partial charge is 0.115 e. The van der Waals surface area contributed by atoms with Crippen molar-refractivity contribution in [1.29, 1.82) is 0 Å². The molecule has 2 aliphatic carbocycles. The average Bonchev–Trinajstić information content (AvgIpc) is 2.94. The molecular weight excluding hydrogens is 258 g/mol. The third kappa shape index (κ3) is 1.95. The third-order valence-electron chi connectivity index (χ3n) is 6.48. The van der Waals surface area contributed by atoms with Crippen LogP contribution in [0, 0.1) is 5.92 Å². The van der Waals surface area contributed by atoms with Crippen LogP contribution < -0.4 is 0 Å². The second-order valence-corrected chi connectivity index (χ2v) is 7.41. The number of rotatable bonds is 3. The molecule has 1 N–H and O–H groups in total. The second kappa shape index (κ2) is 5.01. The molecule has 0 radical (unpaired) electrons. The van der Waals surface area contributed by atoms with Gasteiger partial charge in [-0.25, -0.2) is 0 Å². The lowest BCUT2D eigenvalue weighted by Crippen LogP contribution is -2.58. The fraction of sp³-hybridized carbons (Fsp3) is 0.684. The highest BCUT2D eigenvalue weighted by molar-refractivity contribution is 5.45. The van der Waals surface area contributed by atoms with Crippen LogP contribution in [-0.4, -0.2) is 29.1 Å². The van der Waals surface area contributed by atoms with Gasteiger partial charge >= 0.3 is 0 Å². The number of piperidine rings is 1. The molecule has 0 unspecified atom stereocenters. The monoisotopic (exact) mass is 285 g/mol. The molecule has 1 aliphatic heterocycles. The first-order valence-corrected chi connectivity index (χ1v) is 8.81. The van der Waals surface area contributed by atoms with Crippen LogP contribution in [0.3, 0.4) is 0 Å². The van der Waals surface area contributed by atoms with Gasteiger partial charge in [0.15, 0.2) is 0 Å². The Balaban J connectivity index is 1.74. The SMILES string of the molecule is CCCCN1CC[C@]23CCC[C@H]2[C@H]1Cc1ccc(O)cc13. The van der Waals surface area contributed by atoms with Crippen molar-refractivity contribution < 1.29 is 5.11 Å². The van der Waals surface area contributed by atoms with Crippen LogP contribution in [0.5, 0.6) is 5.75 Å². The van der Waals surface area contributed by atoms with Crippen LogP contribution in [0.4, 0.5) is 0 Å². The molecule has 2 bridgehead atoms. The normalized spacial score (nSPS) is 34.5. The summed E-state index contributed by atoms with van der Waals surface area (Å²) in [5.41, 5.74) is 3.40. The number of likely N-dealkylation sites (tertiary alicyclic amines) is 1. The van der Waals surface area contributed by atoms with Crippen LogP contribution in [0.15, 0.2) is 18.2 Å². The Bertz CT molecular complexity index is 540. The number of nitrogens with zero attached hydrogens (tertiary/aromatic N) is 1. The minimum atomic E-state index is 0.389. The van der Waals surface area contributed by atoms with Gasteiger partial charge in [0.2, 0.25) is 0 Å². The zero-order valence-electron chi connectivity index (χ0n) is 13.1. The van der Waals surface area contributed by atoms with Crippen LogP contribution in [0.1, 0.15) is 56.6 Å². The number of phenolic OH excluding ortho intramolecular Hbond substituents is 1. The van der Waals surface area contributed by atoms with Crippen molar-refractivity contribution in [3.05, 3.63) is 29.3 Å². The highest BCUT2D eigenvalue weighted by Crippen LogP contribution is 2.57. The molecule has 1 aromatic rings. The van der Waals surface area contributed by atoms with E-state index in [-0.39, 0.29) is 0 Å². The Morgan fingerprint density at radius 2 is 2.24 bits per heavy atom. The lowest BCUT2D eigenvalue weighted by atomic mass is 9.59. The summed E-state index contributed by atoms with van der Waals surface area (Å²) in [5.74, 6) is 1.29. The van der Waals surface area contributed by atoms with Gasteiger partial charge in [-0.1, -0.05) is 25.8 Å². The van der Waals surface area contributed by atoms with Crippen LogP contribution >= 0.6 is 0 Å². The average molecular weight is 285 g/mol. The van der Waals surface area contributed by atoms with E-state index in [4.69, 9.17) is 0 Å². The zero-order chi connectivity index (χ0) is 14.4. The maximum absolute atomic E-state index is 9.96. The predicted molar refractivity (Wildman–Crippen MR) is 85.7 cm³/mol. The summed E-state index contributed by atoms with van der Waals surface area (Å²) in [7, 11) is 0. The summed E-state index contributed by atoms with van der Waals surface area (Å²) < 4.78 is 0. The fourth-order valence-electron chi connectivity index (χ4n) is 5.54. The van der Waals surface area contributed by atoms with Gasteiger partial charge in [-0.3, -0.25) is 4.90 Å². The number of benzene rings is 1. The summed E-state index contributed by atoms with van der Waals surface area (Å²) in [4.78, 5) is 2.79. The van der Waals surface area contributed by atoms with Gasteiger partial charge in [-0.15, -0.1) is 0 Å². The quantitative estimate of drug-likeness (QED) is 0.911. The predicted octanol–water partition coefficient (Wildman–Crippen LogP) is 3.86. The number of aromatic hydroxyl groups is 1. The zero-order valence-corrected chi connectivity index (χ0v) is 13.1. The van der Waals surface area contributed by atoms with Gasteiger partial charge in [0.1, 0.15) is 5.75 Å². The number of fused-ring (bicyclic) bond motifs is 1. The highest BCUT2D eigenvalue weighted by atomic mass is 16.3. The Hall–Kier alpha value is -1.02. The molecule has 1 aromatic carbocycles. The van der Waals surface area contributed by atoms with Crippen molar-refractivity contribution in [3.8, 4) is 5.75 Å². The summed E-state index contributed by atoms with van der Waals surface area (Å²) in [6.45, 7) is 4.83. The first kappa shape index (κ1) is 13.6. The van der Waals surface area contributed by atoms with E-state index in [2.05, 4.69) is 24.0 Å². The maximum atomic E-state index is 9.96. The highest BCUT2D eigenvalue weighted by Gasteiger charge is 2.54. The summed E-state index contributed by atoms with van der Waals surface area (Å²) >= 11 is 0. The van der Waals surface area contributed by atoms with Crippen molar-refractivity contribution in [2.24, 2.45) is 5.92 Å². The number of hydrogen-bond acceptors (Lipinski definition) is 2. The van der Waals surface area contributed by atoms with E-state index < -0.39 is 0 Å². The standard InChI is InChI=1S/C19H27NO/c1-2-3-10-20-11-9-19-8-4-5-16(19)18(20)12-14-6-7-15(21)13-17(14)19/h6-7,13,16,18,21H,2-5,8-12H2,1H3/t16-,18+,19+/m0/s1. The Labute approximate surface area is 128 Å². The van der Waals surface area contributed by atoms with E-state index in [0.29, 0.717) is 11.2 Å². The second-order valence-electron chi connectivity index (χ2n) is 7.41. The largest absolute Gasteiger partial charge is 0.508 e. The molecular formula is C19H27NO. The molecule has 21 heavy (non-hydrogen) atoms. The molecule has 0 aromatic heterocycles. The Morgan fingerprint density at radius 3 is 3.10 bits per heavy atom. The van der Waals surface area contributed by atoms with Gasteiger partial charge in [0.05, 0.1) is 0 Å². The van der Waals surface area contributed by atoms with E-state index in [0.717, 1.165) is 12.0 Å². The van der Waals surface area contributed by atoms with E-state index in [1.807, 2.05) is 6.07 Å². The van der Waals surface area contributed by atoms with E-state index in [1.165, 1.54) is 69.2 Å². The molecule has 3 aliphatic rings. The topological polar surface area (TPSA) is 23.5 Å². The lowest BCUT2D eigenvalue weighted by molar-refractivity contribution is 0.0305. The third-order valence-corrected chi connectivity index (χ3v) is 6.48. The molecule has 4 rings (SSSR count). The van der Waals surface area contributed by atoms with Gasteiger partial charge in [0, 0.05) is 11.5 Å². The fourth-order valence-corrected chi connectivity index (χ4v) is 5.54. The number of phenols is 1. The first-order chi connectivity index (χ1) is 10.2. The van der Waals surface area contributed by atoms with Crippen molar-refractivity contribution >= 4 is 0 Å². The first-order valence-electron chi connectivity index (χ1n) is 8.81. The van der Waals surface area contributed by atoms with Gasteiger partial charge < -0.3 is 5.11 Å².